The van der Waals surface area contributed by atoms with Gasteiger partial charge in [0.25, 0.3) is 5.24 Å². The van der Waals surface area contributed by atoms with Crippen molar-refractivity contribution in [1.29, 1.82) is 0 Å². The molecule has 0 bridgehead atoms. The highest BCUT2D eigenvalue weighted by Crippen LogP contribution is 2.45. The van der Waals surface area contributed by atoms with E-state index in [-0.39, 0.29) is 22.1 Å². The average molecular weight is 459 g/mol. The van der Waals surface area contributed by atoms with Crippen LogP contribution in [0.1, 0.15) is 73.1 Å². The smallest absolute Gasteiger partial charge is 0.284 e. The van der Waals surface area contributed by atoms with Crippen molar-refractivity contribution in [3.8, 4) is 0 Å². The number of hydrogen-bond acceptors (Lipinski definition) is 3. The number of carbonyl (C=O) groups is 2. The standard InChI is InChI=1S/C22H32Cl2N2O2S/c1-14(2)8-11-22(9-6-7-10-22)19(27)25-17-12-15(23)16(24)13-18(17)29-20(28)26-21(3,4)5/h12-14H,6-11H2,1-5H3,(H,25,27)(H,26,28). The maximum atomic E-state index is 13.3. The predicted octanol–water partition coefficient (Wildman–Crippen LogP) is 7.53. The topological polar surface area (TPSA) is 58.2 Å². The molecule has 0 atom stereocenters. The summed E-state index contributed by atoms with van der Waals surface area (Å²) < 4.78 is 0. The van der Waals surface area contributed by atoms with Crippen LogP contribution in [0.25, 0.3) is 0 Å². The van der Waals surface area contributed by atoms with Crippen LogP contribution in [-0.2, 0) is 4.79 Å². The lowest BCUT2D eigenvalue weighted by atomic mass is 9.79. The summed E-state index contributed by atoms with van der Waals surface area (Å²) in [5.41, 5.74) is -0.158. The van der Waals surface area contributed by atoms with E-state index < -0.39 is 0 Å². The van der Waals surface area contributed by atoms with Crippen LogP contribution in [0, 0.1) is 11.3 Å². The molecule has 1 saturated carbocycles. The minimum Gasteiger partial charge on any atom is -0.342 e. The van der Waals surface area contributed by atoms with E-state index in [0.29, 0.717) is 26.5 Å². The highest BCUT2D eigenvalue weighted by molar-refractivity contribution is 8.13. The molecule has 0 aromatic heterocycles. The highest BCUT2D eigenvalue weighted by atomic mass is 35.5. The van der Waals surface area contributed by atoms with Gasteiger partial charge in [0.1, 0.15) is 0 Å². The Labute approximate surface area is 188 Å². The Morgan fingerprint density at radius 3 is 2.28 bits per heavy atom. The molecule has 2 N–H and O–H groups in total. The molecule has 0 saturated heterocycles. The Morgan fingerprint density at radius 2 is 1.72 bits per heavy atom. The van der Waals surface area contributed by atoms with Gasteiger partial charge in [-0.05, 0) is 76.3 Å². The number of nitrogens with one attached hydrogen (secondary N) is 2. The van der Waals surface area contributed by atoms with Gasteiger partial charge in [0.2, 0.25) is 5.91 Å². The van der Waals surface area contributed by atoms with Crippen LogP contribution < -0.4 is 10.6 Å². The van der Waals surface area contributed by atoms with Crippen molar-refractivity contribution in [2.24, 2.45) is 11.3 Å². The van der Waals surface area contributed by atoms with Crippen LogP contribution in [0.15, 0.2) is 17.0 Å². The number of benzene rings is 1. The number of carbonyl (C=O) groups excluding carboxylic acids is 2. The molecule has 0 unspecified atom stereocenters. The first-order valence-electron chi connectivity index (χ1n) is 10.2. The highest BCUT2D eigenvalue weighted by Gasteiger charge is 2.41. The molecule has 1 fully saturated rings. The molecule has 2 amide bonds. The van der Waals surface area contributed by atoms with Gasteiger partial charge in [-0.25, -0.2) is 0 Å². The van der Waals surface area contributed by atoms with Crippen LogP contribution in [0.2, 0.25) is 10.0 Å². The molecule has 4 nitrogen and oxygen atoms in total. The zero-order chi connectivity index (χ0) is 21.8. The molecule has 162 valence electrons. The Bertz CT molecular complexity index is 754. The van der Waals surface area contributed by atoms with E-state index in [0.717, 1.165) is 50.3 Å². The molecular weight excluding hydrogens is 427 g/mol. The Kier molecular flexibility index (Phi) is 8.34. The minimum absolute atomic E-state index is 0.0205. The van der Waals surface area contributed by atoms with Crippen molar-refractivity contribution in [2.75, 3.05) is 5.32 Å². The number of halogens is 2. The SMILES string of the molecule is CC(C)CCC1(C(=O)Nc2cc(Cl)c(Cl)cc2SC(=O)NC(C)(C)C)CCCC1. The first-order valence-corrected chi connectivity index (χ1v) is 11.8. The number of anilines is 1. The normalized spacial score (nSPS) is 16.1. The van der Waals surface area contributed by atoms with Gasteiger partial charge in [0.15, 0.2) is 0 Å². The number of thioether (sulfide) groups is 1. The molecule has 0 radical (unpaired) electrons. The number of hydrogen-bond donors (Lipinski definition) is 2. The van der Waals surface area contributed by atoms with Crippen LogP contribution in [0.5, 0.6) is 0 Å². The van der Waals surface area contributed by atoms with Gasteiger partial charge < -0.3 is 10.6 Å². The second-order valence-corrected chi connectivity index (χ2v) is 11.2. The second kappa shape index (κ2) is 9.93. The first kappa shape index (κ1) is 24.4. The first-order chi connectivity index (χ1) is 13.4. The van der Waals surface area contributed by atoms with E-state index in [1.807, 2.05) is 20.8 Å². The Balaban J connectivity index is 2.25. The van der Waals surface area contributed by atoms with Crippen LogP contribution in [-0.4, -0.2) is 16.7 Å². The summed E-state index contributed by atoms with van der Waals surface area (Å²) in [7, 11) is 0. The zero-order valence-corrected chi connectivity index (χ0v) is 20.3. The van der Waals surface area contributed by atoms with Gasteiger partial charge in [0.05, 0.1) is 15.7 Å². The average Bonchev–Trinajstić information content (AvgIpc) is 3.06. The van der Waals surface area contributed by atoms with Gasteiger partial charge >= 0.3 is 0 Å². The van der Waals surface area contributed by atoms with Crippen molar-refractivity contribution in [2.45, 2.75) is 83.6 Å². The van der Waals surface area contributed by atoms with E-state index >= 15 is 0 Å². The maximum absolute atomic E-state index is 13.3. The lowest BCUT2D eigenvalue weighted by Crippen LogP contribution is -2.38. The van der Waals surface area contributed by atoms with Gasteiger partial charge in [-0.15, -0.1) is 0 Å². The van der Waals surface area contributed by atoms with Crippen LogP contribution >= 0.6 is 35.0 Å². The van der Waals surface area contributed by atoms with Crippen molar-refractivity contribution in [1.82, 2.24) is 5.32 Å². The van der Waals surface area contributed by atoms with Gasteiger partial charge in [-0.2, -0.15) is 0 Å². The van der Waals surface area contributed by atoms with E-state index in [1.54, 1.807) is 12.1 Å². The minimum atomic E-state index is -0.353. The quantitative estimate of drug-likeness (QED) is 0.432. The lowest BCUT2D eigenvalue weighted by Gasteiger charge is -2.29. The summed E-state index contributed by atoms with van der Waals surface area (Å²) in [6.45, 7) is 10.1. The predicted molar refractivity (Wildman–Crippen MR) is 124 cm³/mol. The van der Waals surface area contributed by atoms with Crippen molar-refractivity contribution >= 4 is 51.8 Å². The van der Waals surface area contributed by atoms with E-state index in [1.165, 1.54) is 0 Å². The van der Waals surface area contributed by atoms with Gasteiger partial charge in [0, 0.05) is 15.8 Å². The van der Waals surface area contributed by atoms with E-state index in [9.17, 15) is 9.59 Å². The maximum Gasteiger partial charge on any atom is 0.284 e. The second-order valence-electron chi connectivity index (χ2n) is 9.40. The van der Waals surface area contributed by atoms with Gasteiger partial charge in [-0.1, -0.05) is 49.9 Å². The van der Waals surface area contributed by atoms with Gasteiger partial charge in [-0.3, -0.25) is 9.59 Å². The molecule has 29 heavy (non-hydrogen) atoms. The fourth-order valence-corrected chi connectivity index (χ4v) is 4.95. The lowest BCUT2D eigenvalue weighted by molar-refractivity contribution is -0.125. The Hall–Kier alpha value is -0.910. The molecule has 2 rings (SSSR count). The molecule has 0 spiro atoms. The number of rotatable bonds is 6. The fourth-order valence-electron chi connectivity index (χ4n) is 3.60. The van der Waals surface area contributed by atoms with Crippen molar-refractivity contribution < 1.29 is 9.59 Å². The third-order valence-electron chi connectivity index (χ3n) is 5.19. The van der Waals surface area contributed by atoms with Crippen LogP contribution in [0.4, 0.5) is 10.5 Å². The summed E-state index contributed by atoms with van der Waals surface area (Å²) in [5, 5.41) is 6.48. The molecule has 1 aliphatic rings. The van der Waals surface area contributed by atoms with E-state index in [2.05, 4.69) is 24.5 Å². The van der Waals surface area contributed by atoms with Crippen LogP contribution in [0.3, 0.4) is 0 Å². The summed E-state index contributed by atoms with van der Waals surface area (Å²) in [6.07, 6.45) is 5.85. The molecule has 1 aromatic rings. The fraction of sp³-hybridized carbons (Fsp3) is 0.636. The molecular formula is C22H32Cl2N2O2S. The molecule has 0 aliphatic heterocycles. The summed E-state index contributed by atoms with van der Waals surface area (Å²) in [4.78, 5) is 26.3. The molecule has 1 aromatic carbocycles. The third kappa shape index (κ3) is 7.08. The monoisotopic (exact) mass is 458 g/mol. The van der Waals surface area contributed by atoms with Crippen molar-refractivity contribution in [3.05, 3.63) is 22.2 Å². The zero-order valence-electron chi connectivity index (χ0n) is 18.0. The summed E-state index contributed by atoms with van der Waals surface area (Å²) in [5.74, 6) is 0.574. The Morgan fingerprint density at radius 1 is 1.14 bits per heavy atom. The molecule has 0 heterocycles. The largest absolute Gasteiger partial charge is 0.342 e. The molecule has 1 aliphatic carbocycles. The third-order valence-corrected chi connectivity index (χ3v) is 6.76. The van der Waals surface area contributed by atoms with E-state index in [4.69, 9.17) is 23.2 Å². The summed E-state index contributed by atoms with van der Waals surface area (Å²) >= 11 is 13.4. The number of amides is 2. The van der Waals surface area contributed by atoms with Crippen molar-refractivity contribution in [3.63, 3.8) is 0 Å². The molecule has 7 heteroatoms. The summed E-state index contributed by atoms with van der Waals surface area (Å²) in [6, 6.07) is 3.28.